The molecule has 0 bridgehead atoms. The summed E-state index contributed by atoms with van der Waals surface area (Å²) in [6.07, 6.45) is 14.7. The SMILES string of the molecule is O=C(/C=C/c1ccc(O)c(O)c1)NCCCCc1cn(Cc2ccc(-c3ccc(Cn4cc(CCCCNC(=O)/C=C/c5ccc(O)c(O)c5)nn4)cc3)cc2)nn1. The molecule has 0 atom stereocenters. The second-order valence-corrected chi connectivity index (χ2v) is 13.9. The summed E-state index contributed by atoms with van der Waals surface area (Å²) in [6, 6.07) is 25.6. The summed E-state index contributed by atoms with van der Waals surface area (Å²) in [5.41, 5.74) is 7.49. The van der Waals surface area contributed by atoms with Gasteiger partial charge in [-0.1, -0.05) is 71.1 Å². The molecule has 0 aliphatic rings. The molecule has 2 aromatic heterocycles. The fourth-order valence-electron chi connectivity index (χ4n) is 6.08. The number of carbonyl (C=O) groups is 2. The van der Waals surface area contributed by atoms with Crippen molar-refractivity contribution < 1.29 is 30.0 Å². The number of rotatable bonds is 19. The maximum Gasteiger partial charge on any atom is 0.243 e. The highest BCUT2D eigenvalue weighted by atomic mass is 16.3. The molecular weight excluding hydrogens is 737 g/mol. The van der Waals surface area contributed by atoms with Gasteiger partial charge in [-0.25, -0.2) is 9.36 Å². The van der Waals surface area contributed by atoms with E-state index >= 15 is 0 Å². The molecule has 0 saturated heterocycles. The highest BCUT2D eigenvalue weighted by molar-refractivity contribution is 5.92. The van der Waals surface area contributed by atoms with E-state index < -0.39 is 0 Å². The fourth-order valence-corrected chi connectivity index (χ4v) is 6.08. The number of phenolic OH excluding ortho intramolecular Hbond substituents is 4. The van der Waals surface area contributed by atoms with Crippen molar-refractivity contribution in [2.75, 3.05) is 13.1 Å². The van der Waals surface area contributed by atoms with Gasteiger partial charge in [0.1, 0.15) is 0 Å². The second kappa shape index (κ2) is 20.1. The van der Waals surface area contributed by atoms with Crippen LogP contribution in [0.2, 0.25) is 0 Å². The minimum Gasteiger partial charge on any atom is -0.504 e. The van der Waals surface area contributed by atoms with Gasteiger partial charge >= 0.3 is 0 Å². The lowest BCUT2D eigenvalue weighted by Crippen LogP contribution is -2.22. The summed E-state index contributed by atoms with van der Waals surface area (Å²) >= 11 is 0. The Kier molecular flexibility index (Phi) is 14.0. The van der Waals surface area contributed by atoms with E-state index in [-0.39, 0.29) is 34.8 Å². The number of carbonyl (C=O) groups excluding carboxylic acids is 2. The van der Waals surface area contributed by atoms with E-state index in [0.29, 0.717) is 37.3 Å². The van der Waals surface area contributed by atoms with E-state index in [0.717, 1.165) is 72.2 Å². The maximum absolute atomic E-state index is 12.1. The molecular formula is C44H46N8O6. The third-order valence-corrected chi connectivity index (χ3v) is 9.27. The number of nitrogens with zero attached hydrogens (tertiary/aromatic N) is 6. The van der Waals surface area contributed by atoms with Crippen LogP contribution in [0.25, 0.3) is 23.3 Å². The van der Waals surface area contributed by atoms with Crippen molar-refractivity contribution in [1.29, 1.82) is 0 Å². The van der Waals surface area contributed by atoms with Crippen molar-refractivity contribution in [3.63, 3.8) is 0 Å². The third kappa shape index (κ3) is 12.4. The van der Waals surface area contributed by atoms with E-state index in [1.807, 2.05) is 21.8 Å². The number of nitrogens with one attached hydrogen (secondary N) is 2. The van der Waals surface area contributed by atoms with Crippen LogP contribution >= 0.6 is 0 Å². The lowest BCUT2D eigenvalue weighted by molar-refractivity contribution is -0.117. The highest BCUT2D eigenvalue weighted by Crippen LogP contribution is 2.26. The zero-order valence-electron chi connectivity index (χ0n) is 31.9. The molecule has 0 spiro atoms. The zero-order chi connectivity index (χ0) is 40.7. The molecule has 298 valence electrons. The molecule has 0 aliphatic carbocycles. The Morgan fingerprint density at radius 2 is 0.948 bits per heavy atom. The Morgan fingerprint density at radius 1 is 0.534 bits per heavy atom. The molecule has 6 aromatic rings. The first-order valence-electron chi connectivity index (χ1n) is 19.1. The standard InChI is InChI=1S/C44H46N8O6/c53-39-19-11-31(25-41(39)55)13-21-43(57)45-23-3-1-5-37-29-51(49-47-37)27-33-7-15-35(16-8-33)36-17-9-34(10-18-36)28-52-30-38(48-50-52)6-2-4-24-46-44(58)22-14-32-12-20-40(54)42(56)26-32/h7-22,25-26,29-30,53-56H,1-6,23-24,27-28H2,(H,45,57)(H,46,58)/b21-13+,22-14+. The molecule has 6 N–H and O–H groups in total. The predicted molar refractivity (Wildman–Crippen MR) is 220 cm³/mol. The molecule has 0 unspecified atom stereocenters. The summed E-state index contributed by atoms with van der Waals surface area (Å²) in [7, 11) is 0. The van der Waals surface area contributed by atoms with Crippen molar-refractivity contribution in [3.05, 3.63) is 143 Å². The summed E-state index contributed by atoms with van der Waals surface area (Å²) < 4.78 is 3.66. The van der Waals surface area contributed by atoms with Crippen molar-refractivity contribution >= 4 is 24.0 Å². The van der Waals surface area contributed by atoms with Gasteiger partial charge < -0.3 is 31.1 Å². The quantitative estimate of drug-likeness (QED) is 0.0334. The normalized spacial score (nSPS) is 11.4. The van der Waals surface area contributed by atoms with Crippen LogP contribution in [0.4, 0.5) is 0 Å². The van der Waals surface area contributed by atoms with Gasteiger partial charge in [-0.05, 0) is 108 Å². The van der Waals surface area contributed by atoms with Crippen LogP contribution in [0.5, 0.6) is 23.0 Å². The number of aromatic hydroxyl groups is 4. The van der Waals surface area contributed by atoms with Gasteiger partial charge in [0, 0.05) is 37.6 Å². The van der Waals surface area contributed by atoms with Crippen LogP contribution in [-0.4, -0.2) is 75.3 Å². The van der Waals surface area contributed by atoms with E-state index in [1.54, 1.807) is 24.3 Å². The highest BCUT2D eigenvalue weighted by Gasteiger charge is 2.07. The van der Waals surface area contributed by atoms with Gasteiger partial charge in [-0.15, -0.1) is 10.2 Å². The minimum atomic E-state index is -0.233. The van der Waals surface area contributed by atoms with Crippen LogP contribution in [0.1, 0.15) is 59.3 Å². The van der Waals surface area contributed by atoms with Crippen molar-refractivity contribution in [2.45, 2.75) is 51.6 Å². The molecule has 14 nitrogen and oxygen atoms in total. The molecule has 14 heteroatoms. The molecule has 4 aromatic carbocycles. The van der Waals surface area contributed by atoms with Gasteiger partial charge in [-0.2, -0.15) is 0 Å². The zero-order valence-corrected chi connectivity index (χ0v) is 31.9. The summed E-state index contributed by atoms with van der Waals surface area (Å²) in [5, 5.41) is 60.8. The fraction of sp³-hybridized carbons (Fsp3) is 0.227. The Labute approximate surface area is 335 Å². The van der Waals surface area contributed by atoms with Crippen LogP contribution in [0, 0.1) is 0 Å². The van der Waals surface area contributed by atoms with Gasteiger partial charge in [0.15, 0.2) is 23.0 Å². The van der Waals surface area contributed by atoms with Gasteiger partial charge in [0.2, 0.25) is 11.8 Å². The predicted octanol–water partition coefficient (Wildman–Crippen LogP) is 5.76. The number of aromatic nitrogens is 6. The Hall–Kier alpha value is -7.22. The van der Waals surface area contributed by atoms with Crippen LogP contribution in [-0.2, 0) is 35.5 Å². The van der Waals surface area contributed by atoms with Gasteiger partial charge in [-0.3, -0.25) is 9.59 Å². The molecule has 2 heterocycles. The molecule has 0 fully saturated rings. The lowest BCUT2D eigenvalue weighted by atomic mass is 10.0. The average Bonchev–Trinajstić information content (AvgIpc) is 3.88. The molecule has 6 rings (SSSR count). The first-order valence-corrected chi connectivity index (χ1v) is 19.1. The molecule has 0 saturated carbocycles. The monoisotopic (exact) mass is 782 g/mol. The van der Waals surface area contributed by atoms with Gasteiger partial charge in [0.05, 0.1) is 24.5 Å². The molecule has 0 radical (unpaired) electrons. The van der Waals surface area contributed by atoms with E-state index in [2.05, 4.69) is 79.8 Å². The number of aryl methyl sites for hydroxylation is 2. The smallest absolute Gasteiger partial charge is 0.243 e. The van der Waals surface area contributed by atoms with Crippen molar-refractivity contribution in [1.82, 2.24) is 40.6 Å². The Bertz CT molecular complexity index is 2180. The van der Waals surface area contributed by atoms with E-state index in [9.17, 15) is 30.0 Å². The lowest BCUT2D eigenvalue weighted by Gasteiger charge is -2.07. The summed E-state index contributed by atoms with van der Waals surface area (Å²) in [5.74, 6) is -1.33. The molecule has 0 aliphatic heterocycles. The average molecular weight is 783 g/mol. The Balaban J connectivity index is 0.856. The second-order valence-electron chi connectivity index (χ2n) is 13.9. The van der Waals surface area contributed by atoms with Crippen molar-refractivity contribution in [3.8, 4) is 34.1 Å². The van der Waals surface area contributed by atoms with Crippen LogP contribution in [0.3, 0.4) is 0 Å². The number of unbranched alkanes of at least 4 members (excludes halogenated alkanes) is 2. The first kappa shape index (κ1) is 40.4. The molecule has 2 amide bonds. The number of phenols is 4. The van der Waals surface area contributed by atoms with E-state index in [4.69, 9.17) is 0 Å². The number of hydrogen-bond donors (Lipinski definition) is 6. The number of hydrogen-bond acceptors (Lipinski definition) is 10. The van der Waals surface area contributed by atoms with Crippen LogP contribution in [0.15, 0.2) is 109 Å². The summed E-state index contributed by atoms with van der Waals surface area (Å²) in [4.78, 5) is 24.2. The summed E-state index contributed by atoms with van der Waals surface area (Å²) in [6.45, 7) is 2.28. The largest absolute Gasteiger partial charge is 0.504 e. The van der Waals surface area contributed by atoms with Crippen LogP contribution < -0.4 is 10.6 Å². The van der Waals surface area contributed by atoms with Gasteiger partial charge in [0.25, 0.3) is 0 Å². The number of amides is 2. The topological polar surface area (TPSA) is 201 Å². The minimum absolute atomic E-state index is 0.205. The molecule has 58 heavy (non-hydrogen) atoms. The van der Waals surface area contributed by atoms with Crippen molar-refractivity contribution in [2.24, 2.45) is 0 Å². The maximum atomic E-state index is 12.1. The first-order chi connectivity index (χ1) is 28.2. The number of benzene rings is 4. The van der Waals surface area contributed by atoms with E-state index in [1.165, 1.54) is 36.4 Å². The Morgan fingerprint density at radius 3 is 1.34 bits per heavy atom. The third-order valence-electron chi connectivity index (χ3n) is 9.27.